The third-order valence-electron chi connectivity index (χ3n) is 3.69. The smallest absolute Gasteiger partial charge is 0.287 e. The van der Waals surface area contributed by atoms with E-state index in [4.69, 9.17) is 0 Å². The van der Waals surface area contributed by atoms with E-state index in [2.05, 4.69) is 20.3 Å². The largest absolute Gasteiger partial charge is 0.288 e. The van der Waals surface area contributed by atoms with Crippen LogP contribution < -0.4 is 5.32 Å². The Labute approximate surface area is 120 Å². The summed E-state index contributed by atoms with van der Waals surface area (Å²) in [7, 11) is 0. The second kappa shape index (κ2) is 4.63. The van der Waals surface area contributed by atoms with Crippen LogP contribution >= 0.6 is 11.3 Å². The number of hydrogen-bond donors (Lipinski definition) is 1. The summed E-state index contributed by atoms with van der Waals surface area (Å²) in [6, 6.07) is 1.92. The van der Waals surface area contributed by atoms with Crippen molar-refractivity contribution in [2.24, 2.45) is 0 Å². The summed E-state index contributed by atoms with van der Waals surface area (Å²) in [5.74, 6) is 0.740. The molecule has 2 aromatic rings. The minimum atomic E-state index is -0.197. The Morgan fingerprint density at radius 2 is 2.20 bits per heavy atom. The zero-order chi connectivity index (χ0) is 13.5. The molecule has 0 unspecified atom stereocenters. The van der Waals surface area contributed by atoms with Crippen molar-refractivity contribution in [1.29, 1.82) is 0 Å². The maximum Gasteiger partial charge on any atom is 0.287 e. The third kappa shape index (κ3) is 2.20. The number of fused-ring (bicyclic) bond motifs is 1. The second-order valence-corrected chi connectivity index (χ2v) is 6.36. The highest BCUT2D eigenvalue weighted by atomic mass is 32.1. The van der Waals surface area contributed by atoms with Crippen LogP contribution in [0.15, 0.2) is 12.3 Å². The molecular weight excluding hydrogens is 272 g/mol. The Kier molecular flexibility index (Phi) is 2.77. The Morgan fingerprint density at radius 3 is 3.00 bits per heavy atom. The Hall–Kier alpha value is -1.82. The first kappa shape index (κ1) is 12.0. The fraction of sp³-hybridized carbons (Fsp3) is 0.429. The van der Waals surface area contributed by atoms with Crippen LogP contribution in [0.1, 0.15) is 51.2 Å². The number of aromatic nitrogens is 3. The van der Waals surface area contributed by atoms with Gasteiger partial charge in [0.15, 0.2) is 5.01 Å². The lowest BCUT2D eigenvalue weighted by atomic mass is 10.3. The number of carbonyl (C=O) groups excluding carboxylic acids is 1. The third-order valence-corrected chi connectivity index (χ3v) is 4.84. The van der Waals surface area contributed by atoms with Crippen LogP contribution in [0.5, 0.6) is 0 Å². The van der Waals surface area contributed by atoms with Gasteiger partial charge < -0.3 is 0 Å². The molecule has 4 rings (SSSR count). The van der Waals surface area contributed by atoms with Gasteiger partial charge in [-0.2, -0.15) is 0 Å². The van der Waals surface area contributed by atoms with Crippen LogP contribution in [-0.4, -0.2) is 20.9 Å². The highest BCUT2D eigenvalue weighted by molar-refractivity contribution is 7.13. The molecular formula is C14H14N4OS. The van der Waals surface area contributed by atoms with Crippen LogP contribution in [0, 0.1) is 0 Å². The van der Waals surface area contributed by atoms with E-state index < -0.39 is 0 Å². The number of nitrogens with one attached hydrogen (secondary N) is 1. The van der Waals surface area contributed by atoms with Crippen molar-refractivity contribution < 1.29 is 4.79 Å². The topological polar surface area (TPSA) is 67.8 Å². The maximum atomic E-state index is 12.2. The average molecular weight is 286 g/mol. The van der Waals surface area contributed by atoms with Crippen LogP contribution in [0.4, 0.5) is 5.95 Å². The van der Waals surface area contributed by atoms with Gasteiger partial charge >= 0.3 is 0 Å². The van der Waals surface area contributed by atoms with Gasteiger partial charge in [0.05, 0.1) is 5.69 Å². The quantitative estimate of drug-likeness (QED) is 0.941. The second-order valence-electron chi connectivity index (χ2n) is 5.28. The molecule has 0 aromatic carbocycles. The molecule has 102 valence electrons. The van der Waals surface area contributed by atoms with Crippen LogP contribution in [0.3, 0.4) is 0 Å². The number of aryl methyl sites for hydroxylation is 2. The molecule has 0 spiro atoms. The lowest BCUT2D eigenvalue weighted by Gasteiger charge is -2.03. The highest BCUT2D eigenvalue weighted by Crippen LogP contribution is 2.38. The number of anilines is 1. The first-order valence-electron chi connectivity index (χ1n) is 6.92. The van der Waals surface area contributed by atoms with Crippen molar-refractivity contribution in [3.8, 4) is 0 Å². The molecule has 0 bridgehead atoms. The van der Waals surface area contributed by atoms with Gasteiger partial charge in [0.2, 0.25) is 5.95 Å². The van der Waals surface area contributed by atoms with Crippen molar-refractivity contribution >= 4 is 23.2 Å². The molecule has 0 saturated heterocycles. The van der Waals surface area contributed by atoms with Crippen LogP contribution in [0.2, 0.25) is 0 Å². The minimum absolute atomic E-state index is 0.197. The highest BCUT2D eigenvalue weighted by Gasteiger charge is 2.26. The lowest BCUT2D eigenvalue weighted by Crippen LogP contribution is -2.14. The number of thiazole rings is 1. The summed E-state index contributed by atoms with van der Waals surface area (Å²) in [5, 5.41) is 3.28. The van der Waals surface area contributed by atoms with E-state index in [1.54, 1.807) is 6.20 Å². The van der Waals surface area contributed by atoms with Gasteiger partial charge in [0.25, 0.3) is 5.91 Å². The van der Waals surface area contributed by atoms with E-state index in [9.17, 15) is 4.79 Å². The van der Waals surface area contributed by atoms with E-state index in [0.717, 1.165) is 30.7 Å². The van der Waals surface area contributed by atoms with Gasteiger partial charge in [-0.1, -0.05) is 0 Å². The molecule has 20 heavy (non-hydrogen) atoms. The van der Waals surface area contributed by atoms with E-state index >= 15 is 0 Å². The molecule has 2 aliphatic rings. The fourth-order valence-corrected chi connectivity index (χ4v) is 3.53. The first-order valence-corrected chi connectivity index (χ1v) is 7.74. The number of carbonyl (C=O) groups is 1. The average Bonchev–Trinajstić information content (AvgIpc) is 3.07. The van der Waals surface area contributed by atoms with Gasteiger partial charge in [-0.3, -0.25) is 10.1 Å². The number of rotatable bonds is 3. The monoisotopic (exact) mass is 286 g/mol. The summed E-state index contributed by atoms with van der Waals surface area (Å²) in [5.41, 5.74) is 2.12. The standard InChI is InChI=1S/C14H14N4OS/c19-12(13-16-10-2-1-3-11(10)20-13)18-14-15-7-6-9(17-14)8-4-5-8/h6-8H,1-5H2,(H,15,17,18,19). The van der Waals surface area contributed by atoms with Crippen LogP contribution in [-0.2, 0) is 12.8 Å². The number of amides is 1. The summed E-state index contributed by atoms with van der Waals surface area (Å²) in [6.07, 6.45) is 7.27. The zero-order valence-electron chi connectivity index (χ0n) is 10.9. The summed E-state index contributed by atoms with van der Waals surface area (Å²) >= 11 is 1.49. The van der Waals surface area contributed by atoms with Crippen molar-refractivity contribution in [1.82, 2.24) is 15.0 Å². The maximum absolute atomic E-state index is 12.2. The van der Waals surface area contributed by atoms with Crippen molar-refractivity contribution in [3.63, 3.8) is 0 Å². The van der Waals surface area contributed by atoms with Gasteiger partial charge in [-0.25, -0.2) is 15.0 Å². The summed E-state index contributed by atoms with van der Waals surface area (Å²) in [4.78, 5) is 26.3. The molecule has 1 saturated carbocycles. The lowest BCUT2D eigenvalue weighted by molar-refractivity contribution is 0.102. The van der Waals surface area contributed by atoms with Gasteiger partial charge in [0.1, 0.15) is 0 Å². The van der Waals surface area contributed by atoms with Gasteiger partial charge in [0, 0.05) is 22.7 Å². The molecule has 2 aliphatic carbocycles. The minimum Gasteiger partial charge on any atom is -0.288 e. The van der Waals surface area contributed by atoms with Gasteiger partial charge in [-0.05, 0) is 38.2 Å². The SMILES string of the molecule is O=C(Nc1nccc(C2CC2)n1)c1nc2c(s1)CCC2. The van der Waals surface area contributed by atoms with E-state index in [1.807, 2.05) is 6.07 Å². The van der Waals surface area contributed by atoms with Crippen molar-refractivity contribution in [2.45, 2.75) is 38.0 Å². The van der Waals surface area contributed by atoms with Crippen molar-refractivity contribution in [3.05, 3.63) is 33.5 Å². The number of nitrogens with zero attached hydrogens (tertiary/aromatic N) is 3. The Morgan fingerprint density at radius 1 is 1.30 bits per heavy atom. The predicted molar refractivity (Wildman–Crippen MR) is 76.1 cm³/mol. The molecule has 1 fully saturated rings. The molecule has 0 aliphatic heterocycles. The predicted octanol–water partition coefficient (Wildman–Crippen LogP) is 2.55. The first-order chi connectivity index (χ1) is 9.79. The molecule has 0 radical (unpaired) electrons. The summed E-state index contributed by atoms with van der Waals surface area (Å²) in [6.45, 7) is 0. The normalized spacial score (nSPS) is 17.0. The van der Waals surface area contributed by atoms with E-state index in [-0.39, 0.29) is 5.91 Å². The Bertz CT molecular complexity index is 656. The van der Waals surface area contributed by atoms with E-state index in [1.165, 1.54) is 29.1 Å². The number of hydrogen-bond acceptors (Lipinski definition) is 5. The van der Waals surface area contributed by atoms with Crippen LogP contribution in [0.25, 0.3) is 0 Å². The molecule has 2 heterocycles. The van der Waals surface area contributed by atoms with E-state index in [0.29, 0.717) is 16.9 Å². The molecule has 0 atom stereocenters. The zero-order valence-corrected chi connectivity index (χ0v) is 11.7. The van der Waals surface area contributed by atoms with Crippen molar-refractivity contribution in [2.75, 3.05) is 5.32 Å². The Balaban J connectivity index is 1.52. The van der Waals surface area contributed by atoms with Gasteiger partial charge in [-0.15, -0.1) is 11.3 Å². The molecule has 5 nitrogen and oxygen atoms in total. The molecule has 2 aromatic heterocycles. The summed E-state index contributed by atoms with van der Waals surface area (Å²) < 4.78 is 0. The molecule has 1 amide bonds. The molecule has 1 N–H and O–H groups in total. The fourth-order valence-electron chi connectivity index (χ4n) is 2.48. The molecule has 6 heteroatoms.